The van der Waals surface area contributed by atoms with E-state index in [1.165, 1.54) is 12.7 Å². The molecule has 0 bridgehead atoms. The fourth-order valence-electron chi connectivity index (χ4n) is 4.66. The van der Waals surface area contributed by atoms with Crippen LogP contribution in [0, 0.1) is 0 Å². The number of carbonyl (C=O) groups excluding carboxylic acids is 1. The molecule has 1 heterocycles. The van der Waals surface area contributed by atoms with E-state index in [9.17, 15) is 4.79 Å². The lowest BCUT2D eigenvalue weighted by Gasteiger charge is -2.38. The highest BCUT2D eigenvalue weighted by atomic mass is 16.5. The van der Waals surface area contributed by atoms with Gasteiger partial charge in [-0.2, -0.15) is 0 Å². The third-order valence-electron chi connectivity index (χ3n) is 6.64. The van der Waals surface area contributed by atoms with Crippen LogP contribution in [-0.4, -0.2) is 52.4 Å². The molecule has 7 nitrogen and oxygen atoms in total. The molecule has 4 rings (SSSR count). The first-order chi connectivity index (χ1) is 17.5. The van der Waals surface area contributed by atoms with Crippen LogP contribution in [0.2, 0.25) is 0 Å². The summed E-state index contributed by atoms with van der Waals surface area (Å²) < 4.78 is 28.3. The molecule has 1 aliphatic heterocycles. The van der Waals surface area contributed by atoms with E-state index in [1.807, 2.05) is 29.2 Å². The Balaban J connectivity index is 1.73. The fraction of sp³-hybridized carbons (Fsp3) is 0.345. The predicted molar refractivity (Wildman–Crippen MR) is 138 cm³/mol. The number of benzene rings is 3. The van der Waals surface area contributed by atoms with Crippen LogP contribution in [0.25, 0.3) is 0 Å². The molecule has 0 N–H and O–H groups in total. The van der Waals surface area contributed by atoms with Crippen LogP contribution in [0.4, 0.5) is 0 Å². The lowest BCUT2D eigenvalue weighted by atomic mass is 9.91. The van der Waals surface area contributed by atoms with Crippen molar-refractivity contribution < 1.29 is 28.5 Å². The van der Waals surface area contributed by atoms with Crippen molar-refractivity contribution in [3.05, 3.63) is 76.9 Å². The van der Waals surface area contributed by atoms with E-state index < -0.39 is 0 Å². The Morgan fingerprint density at radius 3 is 2.22 bits per heavy atom. The van der Waals surface area contributed by atoms with Gasteiger partial charge in [0.2, 0.25) is 0 Å². The molecule has 0 saturated carbocycles. The van der Waals surface area contributed by atoms with Crippen molar-refractivity contribution in [2.45, 2.75) is 25.8 Å². The smallest absolute Gasteiger partial charge is 0.258 e. The SMILES string of the molecule is CCc1ccc(OC[C@H]2c3cc(OC)c(OC)cc3CCN2C(=O)c2cccc(OC)c2OC)cc1. The minimum absolute atomic E-state index is 0.152. The van der Waals surface area contributed by atoms with Crippen LogP contribution in [0.3, 0.4) is 0 Å². The molecule has 0 radical (unpaired) electrons. The van der Waals surface area contributed by atoms with Gasteiger partial charge < -0.3 is 28.6 Å². The van der Waals surface area contributed by atoms with Gasteiger partial charge in [0.15, 0.2) is 23.0 Å². The third kappa shape index (κ3) is 4.91. The molecule has 36 heavy (non-hydrogen) atoms. The maximum absolute atomic E-state index is 13.9. The van der Waals surface area contributed by atoms with Crippen LogP contribution in [0.15, 0.2) is 54.6 Å². The molecule has 0 spiro atoms. The van der Waals surface area contributed by atoms with E-state index >= 15 is 0 Å². The van der Waals surface area contributed by atoms with Gasteiger partial charge in [0, 0.05) is 6.54 Å². The van der Waals surface area contributed by atoms with E-state index in [1.54, 1.807) is 39.5 Å². The third-order valence-corrected chi connectivity index (χ3v) is 6.64. The lowest BCUT2D eigenvalue weighted by Crippen LogP contribution is -2.42. The van der Waals surface area contributed by atoms with Crippen LogP contribution >= 0.6 is 0 Å². The minimum Gasteiger partial charge on any atom is -0.493 e. The summed E-state index contributed by atoms with van der Waals surface area (Å²) in [6.07, 6.45) is 1.64. The molecular formula is C29H33NO6. The quantitative estimate of drug-likeness (QED) is 0.415. The van der Waals surface area contributed by atoms with Crippen molar-refractivity contribution in [2.24, 2.45) is 0 Å². The monoisotopic (exact) mass is 491 g/mol. The summed E-state index contributed by atoms with van der Waals surface area (Å²) in [7, 11) is 6.33. The zero-order valence-corrected chi connectivity index (χ0v) is 21.5. The number of rotatable bonds is 9. The van der Waals surface area contributed by atoms with Crippen LogP contribution < -0.4 is 23.7 Å². The van der Waals surface area contributed by atoms with Gasteiger partial charge in [-0.3, -0.25) is 4.79 Å². The molecule has 0 unspecified atom stereocenters. The Kier molecular flexibility index (Phi) is 7.88. The Morgan fingerprint density at radius 2 is 1.58 bits per heavy atom. The van der Waals surface area contributed by atoms with Gasteiger partial charge in [0.25, 0.3) is 5.91 Å². The van der Waals surface area contributed by atoms with Crippen molar-refractivity contribution in [3.63, 3.8) is 0 Å². The van der Waals surface area contributed by atoms with Crippen molar-refractivity contribution >= 4 is 5.91 Å². The Bertz CT molecular complexity index is 1210. The van der Waals surface area contributed by atoms with Crippen molar-refractivity contribution in [1.29, 1.82) is 0 Å². The van der Waals surface area contributed by atoms with Crippen LogP contribution in [0.5, 0.6) is 28.7 Å². The second-order valence-electron chi connectivity index (χ2n) is 8.52. The van der Waals surface area contributed by atoms with Gasteiger partial charge in [-0.25, -0.2) is 0 Å². The predicted octanol–water partition coefficient (Wildman–Crippen LogP) is 5.10. The number of hydrogen-bond acceptors (Lipinski definition) is 6. The first kappa shape index (κ1) is 25.2. The van der Waals surface area contributed by atoms with Gasteiger partial charge in [-0.1, -0.05) is 25.1 Å². The highest BCUT2D eigenvalue weighted by molar-refractivity contribution is 5.98. The van der Waals surface area contributed by atoms with Gasteiger partial charge in [0.05, 0.1) is 40.0 Å². The average Bonchev–Trinajstić information content (AvgIpc) is 2.94. The summed E-state index contributed by atoms with van der Waals surface area (Å²) in [6, 6.07) is 17.0. The Labute approximate surface area is 212 Å². The average molecular weight is 492 g/mol. The number of hydrogen-bond donors (Lipinski definition) is 0. The lowest BCUT2D eigenvalue weighted by molar-refractivity contribution is 0.0585. The number of fused-ring (bicyclic) bond motifs is 1. The minimum atomic E-state index is -0.345. The number of aryl methyl sites for hydroxylation is 1. The molecule has 1 aliphatic rings. The Morgan fingerprint density at radius 1 is 0.889 bits per heavy atom. The number of nitrogens with zero attached hydrogens (tertiary/aromatic N) is 1. The van der Waals surface area contributed by atoms with Crippen molar-refractivity contribution in [1.82, 2.24) is 4.90 Å². The van der Waals surface area contributed by atoms with Gasteiger partial charge in [0.1, 0.15) is 12.4 Å². The molecule has 190 valence electrons. The van der Waals surface area contributed by atoms with Crippen molar-refractivity contribution in [3.8, 4) is 28.7 Å². The van der Waals surface area contributed by atoms with E-state index in [2.05, 4.69) is 19.1 Å². The first-order valence-corrected chi connectivity index (χ1v) is 12.0. The number of ether oxygens (including phenoxy) is 5. The fourth-order valence-corrected chi connectivity index (χ4v) is 4.66. The van der Waals surface area contributed by atoms with E-state index in [0.717, 1.165) is 23.3 Å². The highest BCUT2D eigenvalue weighted by Gasteiger charge is 2.35. The molecule has 0 saturated heterocycles. The largest absolute Gasteiger partial charge is 0.493 e. The van der Waals surface area contributed by atoms with Gasteiger partial charge in [-0.15, -0.1) is 0 Å². The molecule has 0 fully saturated rings. The molecule has 1 amide bonds. The number of para-hydroxylation sites is 1. The second-order valence-corrected chi connectivity index (χ2v) is 8.52. The van der Waals surface area contributed by atoms with Crippen molar-refractivity contribution in [2.75, 3.05) is 41.6 Å². The molecule has 7 heteroatoms. The molecule has 0 aliphatic carbocycles. The molecule has 3 aromatic rings. The maximum atomic E-state index is 13.9. The number of methoxy groups -OCH3 is 4. The maximum Gasteiger partial charge on any atom is 0.258 e. The van der Waals surface area contributed by atoms with Crippen LogP contribution in [0.1, 0.15) is 40.0 Å². The summed E-state index contributed by atoms with van der Waals surface area (Å²) in [5.41, 5.74) is 3.76. The first-order valence-electron chi connectivity index (χ1n) is 12.0. The summed E-state index contributed by atoms with van der Waals surface area (Å²) >= 11 is 0. The zero-order valence-electron chi connectivity index (χ0n) is 21.5. The summed E-state index contributed by atoms with van der Waals surface area (Å²) in [4.78, 5) is 15.8. The normalized spacial score (nSPS) is 14.6. The topological polar surface area (TPSA) is 66.5 Å². The van der Waals surface area contributed by atoms with Gasteiger partial charge in [-0.05, 0) is 65.9 Å². The zero-order chi connectivity index (χ0) is 25.7. The standard InChI is InChI=1S/C29H33NO6/c1-6-19-10-12-21(13-11-19)36-18-24-23-17-27(34-4)26(33-3)16-20(23)14-15-30(24)29(31)22-8-7-9-25(32-2)28(22)35-5/h7-13,16-17,24H,6,14-15,18H2,1-5H3/t24-/m0/s1. The number of amides is 1. The molecule has 0 aromatic heterocycles. The molecule has 1 atom stereocenters. The second kappa shape index (κ2) is 11.2. The Hall–Kier alpha value is -3.87. The van der Waals surface area contributed by atoms with E-state index in [4.69, 9.17) is 23.7 Å². The van der Waals surface area contributed by atoms with Gasteiger partial charge >= 0.3 is 0 Å². The summed E-state index contributed by atoms with van der Waals surface area (Å²) in [6.45, 7) is 2.92. The van der Waals surface area contributed by atoms with E-state index in [-0.39, 0.29) is 18.6 Å². The number of carbonyl (C=O) groups is 1. The molecular weight excluding hydrogens is 458 g/mol. The highest BCUT2D eigenvalue weighted by Crippen LogP contribution is 2.40. The molecule has 3 aromatic carbocycles. The summed E-state index contributed by atoms with van der Waals surface area (Å²) in [5, 5.41) is 0. The summed E-state index contributed by atoms with van der Waals surface area (Å²) in [5.74, 6) is 2.81. The van der Waals surface area contributed by atoms with Crippen LogP contribution in [-0.2, 0) is 12.8 Å². The van der Waals surface area contributed by atoms with E-state index in [0.29, 0.717) is 41.5 Å².